The molecule has 2 rings (SSSR count). The Bertz CT molecular complexity index is 294. The first-order chi connectivity index (χ1) is 6.71. The van der Waals surface area contributed by atoms with E-state index in [1.165, 1.54) is 11.5 Å². The van der Waals surface area contributed by atoms with Gasteiger partial charge in [-0.05, 0) is 16.5 Å². The highest BCUT2D eigenvalue weighted by atomic mass is 127. The number of hydrogen-bond acceptors (Lipinski definition) is 1. The van der Waals surface area contributed by atoms with Crippen molar-refractivity contribution in [2.75, 3.05) is 17.8 Å². The highest BCUT2D eigenvalue weighted by molar-refractivity contribution is 7.96. The van der Waals surface area contributed by atoms with Crippen LogP contribution in [-0.2, 0) is 16.5 Å². The molecule has 1 N–H and O–H groups in total. The summed E-state index contributed by atoms with van der Waals surface area (Å²) in [6.07, 6.45) is 4.15. The number of halogens is 1. The fourth-order valence-electron chi connectivity index (χ4n) is 1.95. The molecule has 0 aromatic heterocycles. The number of rotatable bonds is 1. The van der Waals surface area contributed by atoms with Gasteiger partial charge in [0.15, 0.2) is 0 Å². The summed E-state index contributed by atoms with van der Waals surface area (Å²) in [6, 6.07) is 10.1. The minimum atomic E-state index is -0.541. The molecule has 0 aliphatic carbocycles. The van der Waals surface area contributed by atoms with Gasteiger partial charge >= 0.3 is 0 Å². The molecule has 15 heavy (non-hydrogen) atoms. The summed E-state index contributed by atoms with van der Waals surface area (Å²) < 4.78 is 0. The Balaban J connectivity index is 0.00000112. The zero-order valence-corrected chi connectivity index (χ0v) is 11.9. The molecular formula is C12H17IOS. The quantitative estimate of drug-likeness (QED) is 0.511. The van der Waals surface area contributed by atoms with Crippen molar-refractivity contribution in [3.05, 3.63) is 35.9 Å². The SMILES string of the molecule is C[S+]1CCC(O)(c2ccccc2)CC1.[I-]. The van der Waals surface area contributed by atoms with Crippen LogP contribution in [0.15, 0.2) is 30.3 Å². The van der Waals surface area contributed by atoms with Gasteiger partial charge in [0.05, 0.1) is 11.9 Å². The molecule has 0 spiro atoms. The van der Waals surface area contributed by atoms with Crippen LogP contribution in [0.1, 0.15) is 18.4 Å². The fraction of sp³-hybridized carbons (Fsp3) is 0.500. The van der Waals surface area contributed by atoms with Crippen molar-refractivity contribution in [2.45, 2.75) is 18.4 Å². The van der Waals surface area contributed by atoms with Gasteiger partial charge in [0, 0.05) is 12.8 Å². The standard InChI is InChI=1S/C12H17OS.HI/c1-14-9-7-12(13,8-10-14)11-5-3-2-4-6-11;/h2-6,13H,7-10H2,1H3;1H/q+1;/p-1. The molecule has 1 aromatic carbocycles. The molecule has 1 nitrogen and oxygen atoms in total. The smallest absolute Gasteiger partial charge is 0.111 e. The van der Waals surface area contributed by atoms with E-state index >= 15 is 0 Å². The second kappa shape index (κ2) is 5.55. The molecule has 1 aliphatic heterocycles. The van der Waals surface area contributed by atoms with Crippen LogP contribution in [0.5, 0.6) is 0 Å². The Labute approximate surface area is 112 Å². The van der Waals surface area contributed by atoms with Crippen LogP contribution >= 0.6 is 0 Å². The van der Waals surface area contributed by atoms with E-state index in [2.05, 4.69) is 6.26 Å². The number of hydrogen-bond donors (Lipinski definition) is 1. The van der Waals surface area contributed by atoms with Gasteiger partial charge in [0.1, 0.15) is 11.5 Å². The topological polar surface area (TPSA) is 20.2 Å². The van der Waals surface area contributed by atoms with Gasteiger partial charge < -0.3 is 29.1 Å². The minimum Gasteiger partial charge on any atom is -1.00 e. The maximum absolute atomic E-state index is 10.5. The molecule has 1 aliphatic rings. The van der Waals surface area contributed by atoms with Gasteiger partial charge in [-0.2, -0.15) is 0 Å². The van der Waals surface area contributed by atoms with Crippen molar-refractivity contribution in [1.82, 2.24) is 0 Å². The van der Waals surface area contributed by atoms with Crippen molar-refractivity contribution in [1.29, 1.82) is 0 Å². The normalized spacial score (nSPS) is 30.7. The maximum atomic E-state index is 10.5. The van der Waals surface area contributed by atoms with E-state index < -0.39 is 5.60 Å². The van der Waals surface area contributed by atoms with Crippen LogP contribution in [0.2, 0.25) is 0 Å². The monoisotopic (exact) mass is 336 g/mol. The summed E-state index contributed by atoms with van der Waals surface area (Å²) in [7, 11) is 0.529. The van der Waals surface area contributed by atoms with E-state index in [1.54, 1.807) is 0 Å². The average Bonchev–Trinajstić information content (AvgIpc) is 2.24. The maximum Gasteiger partial charge on any atom is 0.111 e. The molecule has 3 heteroatoms. The first kappa shape index (κ1) is 13.3. The van der Waals surface area contributed by atoms with E-state index in [0.29, 0.717) is 10.9 Å². The molecule has 0 unspecified atom stereocenters. The van der Waals surface area contributed by atoms with Gasteiger partial charge in [0.2, 0.25) is 0 Å². The third-order valence-electron chi connectivity index (χ3n) is 3.04. The predicted molar refractivity (Wildman–Crippen MR) is 62.6 cm³/mol. The van der Waals surface area contributed by atoms with Crippen LogP contribution < -0.4 is 24.0 Å². The molecule has 0 amide bonds. The Morgan fingerprint density at radius 1 is 1.13 bits per heavy atom. The number of benzene rings is 1. The lowest BCUT2D eigenvalue weighted by Gasteiger charge is -2.31. The summed E-state index contributed by atoms with van der Waals surface area (Å²) in [6.45, 7) is 0. The second-order valence-corrected chi connectivity index (χ2v) is 6.47. The molecule has 0 atom stereocenters. The lowest BCUT2D eigenvalue weighted by Crippen LogP contribution is -3.00. The average molecular weight is 336 g/mol. The predicted octanol–water partition coefficient (Wildman–Crippen LogP) is -1.08. The van der Waals surface area contributed by atoms with Gasteiger partial charge in [-0.25, -0.2) is 0 Å². The van der Waals surface area contributed by atoms with Crippen LogP contribution in [0.4, 0.5) is 0 Å². The highest BCUT2D eigenvalue weighted by Gasteiger charge is 2.37. The zero-order valence-electron chi connectivity index (χ0n) is 8.95. The lowest BCUT2D eigenvalue weighted by molar-refractivity contribution is -0.0000153. The van der Waals surface area contributed by atoms with E-state index in [0.717, 1.165) is 18.4 Å². The third-order valence-corrected chi connectivity index (χ3v) is 4.84. The summed E-state index contributed by atoms with van der Waals surface area (Å²) >= 11 is 0. The molecule has 1 heterocycles. The summed E-state index contributed by atoms with van der Waals surface area (Å²) in [5, 5.41) is 10.5. The molecule has 1 aromatic rings. The van der Waals surface area contributed by atoms with Crippen LogP contribution in [0.25, 0.3) is 0 Å². The first-order valence-corrected chi connectivity index (χ1v) is 7.05. The Hall–Kier alpha value is 0.260. The summed E-state index contributed by atoms with van der Waals surface area (Å²) in [5.74, 6) is 2.34. The molecular weight excluding hydrogens is 319 g/mol. The van der Waals surface area contributed by atoms with Crippen LogP contribution in [-0.4, -0.2) is 22.9 Å². The molecule has 0 radical (unpaired) electrons. The van der Waals surface area contributed by atoms with Crippen molar-refractivity contribution in [2.24, 2.45) is 0 Å². The summed E-state index contributed by atoms with van der Waals surface area (Å²) in [4.78, 5) is 0. The van der Waals surface area contributed by atoms with E-state index in [4.69, 9.17) is 0 Å². The third kappa shape index (κ3) is 3.11. The molecule has 0 bridgehead atoms. The van der Waals surface area contributed by atoms with Crippen molar-refractivity contribution >= 4 is 10.9 Å². The van der Waals surface area contributed by atoms with Gasteiger partial charge in [0.25, 0.3) is 0 Å². The van der Waals surface area contributed by atoms with E-state index in [1.807, 2.05) is 30.3 Å². The zero-order chi connectivity index (χ0) is 10.0. The molecule has 84 valence electrons. The largest absolute Gasteiger partial charge is 1.00 e. The van der Waals surface area contributed by atoms with Gasteiger partial charge in [-0.1, -0.05) is 30.3 Å². The molecule has 1 fully saturated rings. The Morgan fingerprint density at radius 3 is 2.20 bits per heavy atom. The first-order valence-electron chi connectivity index (χ1n) is 5.08. The van der Waals surface area contributed by atoms with Gasteiger partial charge in [-0.15, -0.1) is 0 Å². The van der Waals surface area contributed by atoms with Crippen molar-refractivity contribution < 1.29 is 29.1 Å². The fourth-order valence-corrected chi connectivity index (χ4v) is 3.53. The summed E-state index contributed by atoms with van der Waals surface area (Å²) in [5.41, 5.74) is 0.553. The van der Waals surface area contributed by atoms with Gasteiger partial charge in [-0.3, -0.25) is 0 Å². The molecule has 0 saturated carbocycles. The number of aliphatic hydroxyl groups is 1. The van der Waals surface area contributed by atoms with Crippen LogP contribution in [0, 0.1) is 0 Å². The van der Waals surface area contributed by atoms with E-state index in [9.17, 15) is 5.11 Å². The van der Waals surface area contributed by atoms with Crippen LogP contribution in [0.3, 0.4) is 0 Å². The Morgan fingerprint density at radius 2 is 1.67 bits per heavy atom. The van der Waals surface area contributed by atoms with E-state index in [-0.39, 0.29) is 24.0 Å². The second-order valence-electron chi connectivity index (χ2n) is 4.09. The van der Waals surface area contributed by atoms with Crippen molar-refractivity contribution in [3.63, 3.8) is 0 Å². The molecule has 1 saturated heterocycles. The highest BCUT2D eigenvalue weighted by Crippen LogP contribution is 2.33. The minimum absolute atomic E-state index is 0. The Kier molecular flexibility index (Phi) is 4.93. The lowest BCUT2D eigenvalue weighted by atomic mass is 9.88. The van der Waals surface area contributed by atoms with Crippen molar-refractivity contribution in [3.8, 4) is 0 Å².